The molecule has 22 heavy (non-hydrogen) atoms. The quantitative estimate of drug-likeness (QED) is 0.487. The molecule has 0 amide bonds. The third kappa shape index (κ3) is 3.76. The second kappa shape index (κ2) is 6.48. The topological polar surface area (TPSA) is 125 Å². The summed E-state index contributed by atoms with van der Waals surface area (Å²) in [7, 11) is -3.77. The minimum Gasteiger partial charge on any atom is -0.285 e. The number of carbonyl (C=O) groups excluding carboxylic acids is 1. The molecule has 2 aromatic rings. The molecule has 0 aliphatic carbocycles. The van der Waals surface area contributed by atoms with Crippen molar-refractivity contribution in [3.63, 3.8) is 0 Å². The molecule has 1 heterocycles. The number of nitrogens with two attached hydrogens (primary N) is 1. The first kappa shape index (κ1) is 15.8. The van der Waals surface area contributed by atoms with Crippen molar-refractivity contribution in [2.75, 3.05) is 5.43 Å². The van der Waals surface area contributed by atoms with Gasteiger partial charge in [-0.2, -0.15) is 10.4 Å². The molecule has 7 nitrogen and oxygen atoms in total. The number of Topliss-reactive ketones (excluding diaryl/α,β-unsaturated/α-hetero) is 1. The van der Waals surface area contributed by atoms with Crippen molar-refractivity contribution in [1.29, 1.82) is 5.26 Å². The number of hydrazone groups is 1. The molecule has 1 aromatic carbocycles. The van der Waals surface area contributed by atoms with Crippen LogP contribution in [0.1, 0.15) is 9.67 Å². The summed E-state index contributed by atoms with van der Waals surface area (Å²) in [5.41, 5.74) is 2.65. The highest BCUT2D eigenvalue weighted by Crippen LogP contribution is 2.13. The first-order valence-corrected chi connectivity index (χ1v) is 8.29. The Bertz CT molecular complexity index is 848. The lowest BCUT2D eigenvalue weighted by Crippen LogP contribution is -2.13. The summed E-state index contributed by atoms with van der Waals surface area (Å²) in [6, 6.07) is 10.5. The van der Waals surface area contributed by atoms with Crippen molar-refractivity contribution < 1.29 is 13.2 Å². The number of carbonyl (C=O) groups is 1. The van der Waals surface area contributed by atoms with Crippen molar-refractivity contribution in [1.82, 2.24) is 0 Å². The van der Waals surface area contributed by atoms with Gasteiger partial charge in [0.15, 0.2) is 0 Å². The number of nitrogens with one attached hydrogen (secondary N) is 1. The number of nitriles is 1. The van der Waals surface area contributed by atoms with Crippen LogP contribution in [0.25, 0.3) is 0 Å². The summed E-state index contributed by atoms with van der Waals surface area (Å²) in [5.74, 6) is -0.480. The molecule has 0 unspecified atom stereocenters. The Morgan fingerprint density at radius 2 is 1.95 bits per heavy atom. The van der Waals surface area contributed by atoms with Gasteiger partial charge >= 0.3 is 0 Å². The number of rotatable bonds is 5. The highest BCUT2D eigenvalue weighted by atomic mass is 32.2. The van der Waals surface area contributed by atoms with Crippen LogP contribution in [0.3, 0.4) is 0 Å². The van der Waals surface area contributed by atoms with Gasteiger partial charge in [-0.15, -0.1) is 11.3 Å². The van der Waals surface area contributed by atoms with E-state index in [1.54, 1.807) is 23.6 Å². The predicted molar refractivity (Wildman–Crippen MR) is 83.1 cm³/mol. The van der Waals surface area contributed by atoms with Crippen LogP contribution >= 0.6 is 11.3 Å². The number of ketones is 1. The van der Waals surface area contributed by atoms with Gasteiger partial charge in [-0.3, -0.25) is 10.2 Å². The van der Waals surface area contributed by atoms with Crippen molar-refractivity contribution in [3.8, 4) is 6.07 Å². The average molecular weight is 334 g/mol. The summed E-state index contributed by atoms with van der Waals surface area (Å²) in [6.07, 6.45) is 0. The van der Waals surface area contributed by atoms with E-state index in [4.69, 9.17) is 10.4 Å². The fourth-order valence-corrected chi connectivity index (χ4v) is 2.67. The molecule has 112 valence electrons. The molecular formula is C13H10N4O3S2. The molecule has 1 aromatic heterocycles. The van der Waals surface area contributed by atoms with Crippen molar-refractivity contribution in [2.24, 2.45) is 10.2 Å². The molecule has 2 rings (SSSR count). The Hall–Kier alpha value is -2.54. The number of benzene rings is 1. The molecule has 0 fully saturated rings. The number of thiophene rings is 1. The van der Waals surface area contributed by atoms with Gasteiger partial charge < -0.3 is 0 Å². The molecule has 0 aliphatic heterocycles. The van der Waals surface area contributed by atoms with E-state index in [0.717, 1.165) is 0 Å². The second-order valence-corrected chi connectivity index (χ2v) is 6.57. The maximum absolute atomic E-state index is 12.0. The van der Waals surface area contributed by atoms with Crippen LogP contribution < -0.4 is 10.6 Å². The van der Waals surface area contributed by atoms with E-state index in [2.05, 4.69) is 10.5 Å². The summed E-state index contributed by atoms with van der Waals surface area (Å²) < 4.78 is 22.2. The molecule has 0 saturated carbocycles. The molecule has 3 N–H and O–H groups in total. The number of hydrogen-bond donors (Lipinski definition) is 2. The smallest absolute Gasteiger partial charge is 0.238 e. The highest BCUT2D eigenvalue weighted by Gasteiger charge is 2.14. The lowest BCUT2D eigenvalue weighted by Gasteiger charge is -2.02. The van der Waals surface area contributed by atoms with Crippen LogP contribution in [0.15, 0.2) is 51.8 Å². The van der Waals surface area contributed by atoms with Gasteiger partial charge in [-0.25, -0.2) is 13.6 Å². The molecule has 9 heteroatoms. The molecular weight excluding hydrogens is 324 g/mol. The van der Waals surface area contributed by atoms with E-state index in [0.29, 0.717) is 10.6 Å². The number of sulfonamides is 1. The molecule has 0 bridgehead atoms. The standard InChI is InChI=1S/C13H10N4O3S2/c14-8-11(13(18)12-2-1-7-21-12)17-16-9-3-5-10(6-4-9)22(15,19)20/h1-7,16H,(H2,15,19,20)/b17-11+. The largest absolute Gasteiger partial charge is 0.285 e. The van der Waals surface area contributed by atoms with Crippen molar-refractivity contribution in [2.45, 2.75) is 4.90 Å². The Balaban J connectivity index is 2.16. The van der Waals surface area contributed by atoms with Crippen LogP contribution in [-0.4, -0.2) is 19.9 Å². The normalized spacial score (nSPS) is 11.7. The average Bonchev–Trinajstić information content (AvgIpc) is 3.01. The number of hydrogen-bond acceptors (Lipinski definition) is 7. The van der Waals surface area contributed by atoms with E-state index in [-0.39, 0.29) is 10.6 Å². The van der Waals surface area contributed by atoms with E-state index < -0.39 is 15.8 Å². The second-order valence-electron chi connectivity index (χ2n) is 4.06. The minimum atomic E-state index is -3.77. The summed E-state index contributed by atoms with van der Waals surface area (Å²) >= 11 is 1.21. The van der Waals surface area contributed by atoms with Gasteiger partial charge in [0, 0.05) is 0 Å². The van der Waals surface area contributed by atoms with Gasteiger partial charge in [0.05, 0.1) is 15.5 Å². The van der Waals surface area contributed by atoms with Gasteiger partial charge in [0.2, 0.25) is 21.5 Å². The van der Waals surface area contributed by atoms with Gasteiger partial charge in [-0.05, 0) is 35.7 Å². The fraction of sp³-hybridized carbons (Fsp3) is 0. The van der Waals surface area contributed by atoms with E-state index >= 15 is 0 Å². The van der Waals surface area contributed by atoms with E-state index in [9.17, 15) is 13.2 Å². The lowest BCUT2D eigenvalue weighted by atomic mass is 10.2. The Labute approximate surface area is 130 Å². The number of primary sulfonamides is 1. The number of nitrogens with zero attached hydrogens (tertiary/aromatic N) is 2. The summed E-state index contributed by atoms with van der Waals surface area (Å²) in [5, 5.41) is 19.4. The SMILES string of the molecule is N#C/C(=N\Nc1ccc(S(N)(=O)=O)cc1)C(=O)c1cccs1. The van der Waals surface area contributed by atoms with E-state index in [1.807, 2.05) is 0 Å². The molecule has 0 radical (unpaired) electrons. The van der Waals surface area contributed by atoms with Crippen LogP contribution in [0.5, 0.6) is 0 Å². The van der Waals surface area contributed by atoms with Crippen LogP contribution in [0, 0.1) is 11.3 Å². The van der Waals surface area contributed by atoms with Crippen LogP contribution in [-0.2, 0) is 10.0 Å². The fourth-order valence-electron chi connectivity index (χ4n) is 1.49. The Kier molecular flexibility index (Phi) is 4.67. The zero-order valence-corrected chi connectivity index (χ0v) is 12.7. The van der Waals surface area contributed by atoms with E-state index in [1.165, 1.54) is 35.6 Å². The van der Waals surface area contributed by atoms with Gasteiger partial charge in [0.1, 0.15) is 6.07 Å². The number of anilines is 1. The first-order valence-electron chi connectivity index (χ1n) is 5.86. The monoisotopic (exact) mass is 334 g/mol. The third-order valence-corrected chi connectivity index (χ3v) is 4.34. The van der Waals surface area contributed by atoms with Crippen molar-refractivity contribution in [3.05, 3.63) is 46.7 Å². The van der Waals surface area contributed by atoms with Crippen LogP contribution in [0.2, 0.25) is 0 Å². The molecule has 0 aliphatic rings. The van der Waals surface area contributed by atoms with Crippen LogP contribution in [0.4, 0.5) is 5.69 Å². The van der Waals surface area contributed by atoms with Gasteiger partial charge in [0.25, 0.3) is 0 Å². The molecule has 0 saturated heterocycles. The zero-order valence-electron chi connectivity index (χ0n) is 11.1. The highest BCUT2D eigenvalue weighted by molar-refractivity contribution is 7.89. The minimum absolute atomic E-state index is 0.0443. The zero-order chi connectivity index (χ0) is 16.2. The maximum atomic E-state index is 12.0. The lowest BCUT2D eigenvalue weighted by molar-refractivity contribution is 0.107. The van der Waals surface area contributed by atoms with Gasteiger partial charge in [-0.1, -0.05) is 6.07 Å². The maximum Gasteiger partial charge on any atom is 0.238 e. The molecule has 0 spiro atoms. The van der Waals surface area contributed by atoms with Crippen molar-refractivity contribution >= 4 is 38.5 Å². The Morgan fingerprint density at radius 3 is 2.45 bits per heavy atom. The summed E-state index contributed by atoms with van der Waals surface area (Å²) in [4.78, 5) is 12.3. The third-order valence-electron chi connectivity index (χ3n) is 2.55. The summed E-state index contributed by atoms with van der Waals surface area (Å²) in [6.45, 7) is 0. The molecule has 0 atom stereocenters. The predicted octanol–water partition coefficient (Wildman–Crippen LogP) is 1.57. The Morgan fingerprint density at radius 1 is 1.27 bits per heavy atom. The first-order chi connectivity index (χ1) is 10.4.